The zero-order valence-electron chi connectivity index (χ0n) is 10.9. The number of nitriles is 1. The van der Waals surface area contributed by atoms with Crippen LogP contribution in [0.5, 0.6) is 0 Å². The van der Waals surface area contributed by atoms with Gasteiger partial charge in [-0.3, -0.25) is 4.79 Å². The van der Waals surface area contributed by atoms with Gasteiger partial charge in [0.1, 0.15) is 11.8 Å². The lowest BCUT2D eigenvalue weighted by atomic mass is 9.97. The molecule has 0 spiro atoms. The van der Waals surface area contributed by atoms with Crippen LogP contribution in [0, 0.1) is 17.2 Å². The molecule has 1 saturated heterocycles. The van der Waals surface area contributed by atoms with E-state index in [0.717, 1.165) is 12.8 Å². The highest BCUT2D eigenvalue weighted by Crippen LogP contribution is 2.21. The average Bonchev–Trinajstić information content (AvgIpc) is 2.48. The SMILES string of the molecule is CCOC(=O)C1CCN(c2nccc(C#N)n2)CC1. The third-order valence-corrected chi connectivity index (χ3v) is 3.16. The van der Waals surface area contributed by atoms with Crippen LogP contribution in [0.15, 0.2) is 12.3 Å². The Labute approximate surface area is 112 Å². The van der Waals surface area contributed by atoms with Crippen molar-refractivity contribution >= 4 is 11.9 Å². The second-order valence-corrected chi connectivity index (χ2v) is 4.37. The summed E-state index contributed by atoms with van der Waals surface area (Å²) in [4.78, 5) is 21.9. The van der Waals surface area contributed by atoms with Crippen molar-refractivity contribution in [3.63, 3.8) is 0 Å². The van der Waals surface area contributed by atoms with Gasteiger partial charge in [-0.15, -0.1) is 0 Å². The minimum absolute atomic E-state index is 0.0321. The molecule has 0 saturated carbocycles. The largest absolute Gasteiger partial charge is 0.466 e. The first kappa shape index (κ1) is 13.3. The molecular weight excluding hydrogens is 244 g/mol. The van der Waals surface area contributed by atoms with Gasteiger partial charge in [0.25, 0.3) is 0 Å². The minimum Gasteiger partial charge on any atom is -0.466 e. The van der Waals surface area contributed by atoms with Crippen LogP contribution in [0.25, 0.3) is 0 Å². The summed E-state index contributed by atoms with van der Waals surface area (Å²) in [5, 5.41) is 8.81. The third-order valence-electron chi connectivity index (χ3n) is 3.16. The van der Waals surface area contributed by atoms with Gasteiger partial charge in [-0.2, -0.15) is 5.26 Å². The zero-order chi connectivity index (χ0) is 13.7. The number of esters is 1. The van der Waals surface area contributed by atoms with E-state index >= 15 is 0 Å². The van der Waals surface area contributed by atoms with E-state index in [1.165, 1.54) is 0 Å². The molecule has 0 amide bonds. The molecule has 1 aliphatic heterocycles. The topological polar surface area (TPSA) is 79.1 Å². The quantitative estimate of drug-likeness (QED) is 0.758. The summed E-state index contributed by atoms with van der Waals surface area (Å²) in [5.74, 6) is 0.408. The maximum atomic E-state index is 11.6. The smallest absolute Gasteiger partial charge is 0.309 e. The number of hydrogen-bond donors (Lipinski definition) is 0. The maximum absolute atomic E-state index is 11.6. The normalized spacial score (nSPS) is 15.9. The van der Waals surface area contributed by atoms with Gasteiger partial charge in [-0.05, 0) is 25.8 Å². The molecule has 0 radical (unpaired) electrons. The summed E-state index contributed by atoms with van der Waals surface area (Å²) in [5.41, 5.74) is 0.359. The highest BCUT2D eigenvalue weighted by molar-refractivity contribution is 5.72. The van der Waals surface area contributed by atoms with Crippen molar-refractivity contribution in [2.45, 2.75) is 19.8 Å². The summed E-state index contributed by atoms with van der Waals surface area (Å²) < 4.78 is 5.03. The lowest BCUT2D eigenvalue weighted by Gasteiger charge is -2.30. The van der Waals surface area contributed by atoms with E-state index in [1.807, 2.05) is 17.9 Å². The number of carbonyl (C=O) groups excluding carboxylic acids is 1. The summed E-state index contributed by atoms with van der Waals surface area (Å²) in [7, 11) is 0. The van der Waals surface area contributed by atoms with E-state index in [1.54, 1.807) is 12.3 Å². The molecule has 0 bridgehead atoms. The first-order valence-corrected chi connectivity index (χ1v) is 6.39. The Balaban J connectivity index is 1.96. The van der Waals surface area contributed by atoms with E-state index < -0.39 is 0 Å². The highest BCUT2D eigenvalue weighted by atomic mass is 16.5. The molecule has 2 rings (SSSR count). The van der Waals surface area contributed by atoms with Crippen LogP contribution < -0.4 is 4.90 Å². The second-order valence-electron chi connectivity index (χ2n) is 4.37. The van der Waals surface area contributed by atoms with Crippen molar-refractivity contribution in [2.24, 2.45) is 5.92 Å². The molecule has 0 atom stereocenters. The monoisotopic (exact) mass is 260 g/mol. The molecule has 0 aromatic carbocycles. The molecule has 0 aliphatic carbocycles. The van der Waals surface area contributed by atoms with Gasteiger partial charge in [0.15, 0.2) is 0 Å². The number of rotatable bonds is 3. The van der Waals surface area contributed by atoms with E-state index in [2.05, 4.69) is 9.97 Å². The number of ether oxygens (including phenoxy) is 1. The highest BCUT2D eigenvalue weighted by Gasteiger charge is 2.27. The summed E-state index contributed by atoms with van der Waals surface area (Å²) >= 11 is 0. The Hall–Kier alpha value is -2.16. The van der Waals surface area contributed by atoms with Gasteiger partial charge in [0.2, 0.25) is 5.95 Å². The van der Waals surface area contributed by atoms with Crippen LogP contribution in [-0.2, 0) is 9.53 Å². The summed E-state index contributed by atoms with van der Waals surface area (Å²) in [6, 6.07) is 3.58. The van der Waals surface area contributed by atoms with E-state index in [-0.39, 0.29) is 11.9 Å². The number of piperidine rings is 1. The van der Waals surface area contributed by atoms with Crippen molar-refractivity contribution in [1.29, 1.82) is 5.26 Å². The number of hydrogen-bond acceptors (Lipinski definition) is 6. The van der Waals surface area contributed by atoms with Crippen LogP contribution in [0.3, 0.4) is 0 Å². The molecule has 2 heterocycles. The molecule has 0 N–H and O–H groups in total. The van der Waals surface area contributed by atoms with Gasteiger partial charge in [-0.25, -0.2) is 9.97 Å². The molecule has 19 heavy (non-hydrogen) atoms. The predicted molar refractivity (Wildman–Crippen MR) is 68.3 cm³/mol. The van der Waals surface area contributed by atoms with Gasteiger partial charge in [-0.1, -0.05) is 0 Å². The molecule has 1 aliphatic rings. The van der Waals surface area contributed by atoms with Gasteiger partial charge in [0.05, 0.1) is 12.5 Å². The summed E-state index contributed by atoms with van der Waals surface area (Å²) in [6.45, 7) is 3.65. The lowest BCUT2D eigenvalue weighted by Crippen LogP contribution is -2.37. The fraction of sp³-hybridized carbons (Fsp3) is 0.538. The first-order valence-electron chi connectivity index (χ1n) is 6.39. The zero-order valence-corrected chi connectivity index (χ0v) is 10.9. The molecule has 6 heteroatoms. The predicted octanol–water partition coefficient (Wildman–Crippen LogP) is 1.13. The number of aromatic nitrogens is 2. The standard InChI is InChI=1S/C13H16N4O2/c1-2-19-12(18)10-4-7-17(8-5-10)13-15-6-3-11(9-14)16-13/h3,6,10H,2,4-5,7-8H2,1H3. The Bertz CT molecular complexity index is 490. The van der Waals surface area contributed by atoms with Gasteiger partial charge < -0.3 is 9.64 Å². The van der Waals surface area contributed by atoms with Crippen molar-refractivity contribution in [3.05, 3.63) is 18.0 Å². The van der Waals surface area contributed by atoms with Crippen LogP contribution in [0.2, 0.25) is 0 Å². The molecule has 100 valence electrons. The fourth-order valence-electron chi connectivity index (χ4n) is 2.14. The van der Waals surface area contributed by atoms with Crippen LogP contribution in [0.4, 0.5) is 5.95 Å². The van der Waals surface area contributed by atoms with Crippen LogP contribution >= 0.6 is 0 Å². The molecule has 1 aromatic heterocycles. The first-order chi connectivity index (χ1) is 9.24. The molecular formula is C13H16N4O2. The third kappa shape index (κ3) is 3.19. The van der Waals surface area contributed by atoms with Crippen LogP contribution in [0.1, 0.15) is 25.5 Å². The Kier molecular flexibility index (Phi) is 4.29. The molecule has 1 aromatic rings. The van der Waals surface area contributed by atoms with Crippen molar-refractivity contribution in [1.82, 2.24) is 9.97 Å². The number of anilines is 1. The second kappa shape index (κ2) is 6.14. The lowest BCUT2D eigenvalue weighted by molar-refractivity contribution is -0.148. The van der Waals surface area contributed by atoms with Crippen molar-refractivity contribution in [3.8, 4) is 6.07 Å². The number of nitrogens with zero attached hydrogens (tertiary/aromatic N) is 4. The van der Waals surface area contributed by atoms with E-state index in [4.69, 9.17) is 10.00 Å². The fourth-order valence-corrected chi connectivity index (χ4v) is 2.14. The van der Waals surface area contributed by atoms with Gasteiger partial charge in [0, 0.05) is 19.3 Å². The van der Waals surface area contributed by atoms with E-state index in [0.29, 0.717) is 31.3 Å². The molecule has 0 unspecified atom stereocenters. The Morgan fingerprint density at radius 3 is 2.95 bits per heavy atom. The summed E-state index contributed by atoms with van der Waals surface area (Å²) in [6.07, 6.45) is 3.05. The van der Waals surface area contributed by atoms with Crippen molar-refractivity contribution in [2.75, 3.05) is 24.6 Å². The van der Waals surface area contributed by atoms with Crippen molar-refractivity contribution < 1.29 is 9.53 Å². The van der Waals surface area contributed by atoms with E-state index in [9.17, 15) is 4.79 Å². The number of carbonyl (C=O) groups is 1. The Morgan fingerprint density at radius 2 is 2.32 bits per heavy atom. The molecule has 1 fully saturated rings. The Morgan fingerprint density at radius 1 is 1.58 bits per heavy atom. The maximum Gasteiger partial charge on any atom is 0.309 e. The van der Waals surface area contributed by atoms with Gasteiger partial charge >= 0.3 is 5.97 Å². The molecule has 6 nitrogen and oxygen atoms in total. The average molecular weight is 260 g/mol. The van der Waals surface area contributed by atoms with Crippen LogP contribution in [-0.4, -0.2) is 35.6 Å². The minimum atomic E-state index is -0.117.